The molecule has 2 aliphatic carbocycles. The van der Waals surface area contributed by atoms with Crippen LogP contribution in [0.3, 0.4) is 0 Å². The van der Waals surface area contributed by atoms with Gasteiger partial charge in [-0.25, -0.2) is 0 Å². The van der Waals surface area contributed by atoms with E-state index in [0.717, 1.165) is 12.8 Å². The molecule has 0 amide bonds. The third-order valence-corrected chi connectivity index (χ3v) is 5.72. The van der Waals surface area contributed by atoms with Crippen molar-refractivity contribution < 1.29 is 13.8 Å². The molecule has 0 aromatic rings. The van der Waals surface area contributed by atoms with Gasteiger partial charge in [-0.2, -0.15) is 0 Å². The molecular formula is C11H16O3S. The van der Waals surface area contributed by atoms with Gasteiger partial charge in [0.2, 0.25) is 0 Å². The quantitative estimate of drug-likeness (QED) is 0.683. The lowest BCUT2D eigenvalue weighted by molar-refractivity contribution is -0.131. The second-order valence-corrected chi connectivity index (χ2v) is 6.64. The smallest absolute Gasteiger partial charge is 0.140 e. The number of hydrogen-bond acceptors (Lipinski definition) is 3. The van der Waals surface area contributed by atoms with Gasteiger partial charge in [0.1, 0.15) is 11.6 Å². The zero-order valence-corrected chi connectivity index (χ0v) is 9.77. The molecule has 2 rings (SSSR count). The summed E-state index contributed by atoms with van der Waals surface area (Å²) in [6, 6.07) is 0. The Bertz CT molecular complexity index is 315. The molecule has 2 aliphatic rings. The van der Waals surface area contributed by atoms with Crippen LogP contribution in [0.1, 0.15) is 39.0 Å². The highest BCUT2D eigenvalue weighted by atomic mass is 32.2. The molecule has 3 nitrogen and oxygen atoms in total. The Morgan fingerprint density at radius 2 is 1.80 bits per heavy atom. The first-order valence-electron chi connectivity index (χ1n) is 5.50. The molecule has 4 heteroatoms. The van der Waals surface area contributed by atoms with Crippen LogP contribution < -0.4 is 0 Å². The van der Waals surface area contributed by atoms with Crippen LogP contribution in [0.5, 0.6) is 0 Å². The first-order valence-corrected chi connectivity index (χ1v) is 6.82. The third kappa shape index (κ3) is 1.92. The second-order valence-electron chi connectivity index (χ2n) is 4.56. The summed E-state index contributed by atoms with van der Waals surface area (Å²) in [7, 11) is -0.858. The highest BCUT2D eigenvalue weighted by molar-refractivity contribution is 7.86. The Morgan fingerprint density at radius 1 is 1.27 bits per heavy atom. The van der Waals surface area contributed by atoms with Crippen LogP contribution >= 0.6 is 0 Å². The monoisotopic (exact) mass is 228 g/mol. The van der Waals surface area contributed by atoms with E-state index in [2.05, 4.69) is 0 Å². The van der Waals surface area contributed by atoms with Crippen molar-refractivity contribution in [1.29, 1.82) is 0 Å². The standard InChI is InChI=1S/C11H16O3S/c1-2-15(14)11(3-4-11)8-5-9(12)7-10(13)6-8/h8H,2-7H2,1H3. The molecule has 0 N–H and O–H groups in total. The molecule has 1 unspecified atom stereocenters. The topological polar surface area (TPSA) is 51.2 Å². The molecular weight excluding hydrogens is 212 g/mol. The van der Waals surface area contributed by atoms with Gasteiger partial charge in [-0.1, -0.05) is 6.92 Å². The highest BCUT2D eigenvalue weighted by Gasteiger charge is 2.55. The number of rotatable bonds is 3. The van der Waals surface area contributed by atoms with E-state index >= 15 is 0 Å². The summed E-state index contributed by atoms with van der Waals surface area (Å²) in [6.45, 7) is 1.91. The third-order valence-electron chi connectivity index (χ3n) is 3.54. The largest absolute Gasteiger partial charge is 0.299 e. The van der Waals surface area contributed by atoms with Crippen molar-refractivity contribution >= 4 is 22.4 Å². The maximum absolute atomic E-state index is 11.9. The fourth-order valence-corrected chi connectivity index (χ4v) is 4.26. The predicted octanol–water partition coefficient (Wildman–Crippen LogP) is 1.23. The SMILES string of the molecule is CCS(=O)C1(C2CC(=O)CC(=O)C2)CC1. The van der Waals surface area contributed by atoms with Gasteiger partial charge in [0.05, 0.1) is 6.42 Å². The average Bonchev–Trinajstić information content (AvgIpc) is 2.96. The zero-order chi connectivity index (χ0) is 11.1. The van der Waals surface area contributed by atoms with Gasteiger partial charge in [0.15, 0.2) is 0 Å². The maximum atomic E-state index is 11.9. The number of ketones is 2. The van der Waals surface area contributed by atoms with Gasteiger partial charge in [-0.3, -0.25) is 13.8 Å². The molecule has 15 heavy (non-hydrogen) atoms. The van der Waals surface area contributed by atoms with Gasteiger partial charge >= 0.3 is 0 Å². The molecule has 0 spiro atoms. The van der Waals surface area contributed by atoms with Crippen LogP contribution in [0.2, 0.25) is 0 Å². The summed E-state index contributed by atoms with van der Waals surface area (Å²) in [5, 5.41) is 0. The van der Waals surface area contributed by atoms with Crippen LogP contribution in [0.25, 0.3) is 0 Å². The predicted molar refractivity (Wildman–Crippen MR) is 58.0 cm³/mol. The summed E-state index contributed by atoms with van der Waals surface area (Å²) < 4.78 is 11.7. The Labute approximate surface area is 92.1 Å². The van der Waals surface area contributed by atoms with E-state index < -0.39 is 10.8 Å². The molecule has 0 aromatic heterocycles. The van der Waals surface area contributed by atoms with Gasteiger partial charge in [0.25, 0.3) is 0 Å². The zero-order valence-electron chi connectivity index (χ0n) is 8.95. The fraction of sp³-hybridized carbons (Fsp3) is 0.818. The van der Waals surface area contributed by atoms with Gasteiger partial charge in [0, 0.05) is 34.1 Å². The number of Topliss-reactive ketones (excluding diaryl/α,β-unsaturated/α-hetero) is 2. The van der Waals surface area contributed by atoms with E-state index in [1.54, 1.807) is 0 Å². The highest BCUT2D eigenvalue weighted by Crippen LogP contribution is 2.51. The van der Waals surface area contributed by atoms with Gasteiger partial charge < -0.3 is 0 Å². The van der Waals surface area contributed by atoms with E-state index in [-0.39, 0.29) is 28.7 Å². The van der Waals surface area contributed by atoms with Crippen LogP contribution in [-0.4, -0.2) is 26.3 Å². The first kappa shape index (κ1) is 11.0. The Kier molecular flexibility index (Phi) is 2.79. The van der Waals surface area contributed by atoms with Crippen LogP contribution in [0.4, 0.5) is 0 Å². The second kappa shape index (κ2) is 3.81. The Hall–Kier alpha value is -0.510. The summed E-state index contributed by atoms with van der Waals surface area (Å²) in [6.07, 6.45) is 2.90. The number of hydrogen-bond donors (Lipinski definition) is 0. The molecule has 84 valence electrons. The molecule has 1 atom stereocenters. The summed E-state index contributed by atoms with van der Waals surface area (Å²) >= 11 is 0. The molecule has 0 radical (unpaired) electrons. The van der Waals surface area contributed by atoms with Crippen molar-refractivity contribution in [3.8, 4) is 0 Å². The average molecular weight is 228 g/mol. The minimum Gasteiger partial charge on any atom is -0.299 e. The van der Waals surface area contributed by atoms with Crippen molar-refractivity contribution in [2.75, 3.05) is 5.75 Å². The minimum atomic E-state index is -0.858. The van der Waals surface area contributed by atoms with Gasteiger partial charge in [-0.05, 0) is 18.8 Å². The van der Waals surface area contributed by atoms with Crippen molar-refractivity contribution in [2.45, 2.75) is 43.8 Å². The lowest BCUT2D eigenvalue weighted by Crippen LogP contribution is -2.36. The molecule has 0 bridgehead atoms. The van der Waals surface area contributed by atoms with Crippen molar-refractivity contribution in [2.24, 2.45) is 5.92 Å². The molecule has 0 aromatic carbocycles. The fourth-order valence-electron chi connectivity index (χ4n) is 2.59. The van der Waals surface area contributed by atoms with Crippen molar-refractivity contribution in [3.63, 3.8) is 0 Å². The summed E-state index contributed by atoms with van der Waals surface area (Å²) in [4.78, 5) is 22.7. The molecule has 0 aliphatic heterocycles. The number of carbonyl (C=O) groups is 2. The van der Waals surface area contributed by atoms with E-state index in [1.807, 2.05) is 6.92 Å². The number of carbonyl (C=O) groups excluding carboxylic acids is 2. The summed E-state index contributed by atoms with van der Waals surface area (Å²) in [5.41, 5.74) is 0. The maximum Gasteiger partial charge on any atom is 0.140 e. The molecule has 2 fully saturated rings. The molecule has 2 saturated carbocycles. The van der Waals surface area contributed by atoms with E-state index in [4.69, 9.17) is 0 Å². The normalized spacial score (nSPS) is 27.8. The van der Waals surface area contributed by atoms with Crippen molar-refractivity contribution in [3.05, 3.63) is 0 Å². The van der Waals surface area contributed by atoms with E-state index in [9.17, 15) is 13.8 Å². The van der Waals surface area contributed by atoms with E-state index in [1.165, 1.54) is 0 Å². The Morgan fingerprint density at radius 3 is 2.20 bits per heavy atom. The van der Waals surface area contributed by atoms with Gasteiger partial charge in [-0.15, -0.1) is 0 Å². The molecule has 0 saturated heterocycles. The van der Waals surface area contributed by atoms with Crippen LogP contribution in [-0.2, 0) is 20.4 Å². The lowest BCUT2D eigenvalue weighted by atomic mass is 9.84. The van der Waals surface area contributed by atoms with Crippen LogP contribution in [0.15, 0.2) is 0 Å². The first-order chi connectivity index (χ1) is 7.08. The summed E-state index contributed by atoms with van der Waals surface area (Å²) in [5.74, 6) is 0.775. The Balaban J connectivity index is 2.13. The molecule has 0 heterocycles. The van der Waals surface area contributed by atoms with Crippen LogP contribution in [0, 0.1) is 5.92 Å². The minimum absolute atomic E-state index is 0.0376. The van der Waals surface area contributed by atoms with Crippen molar-refractivity contribution in [1.82, 2.24) is 0 Å². The van der Waals surface area contributed by atoms with E-state index in [0.29, 0.717) is 18.6 Å². The lowest BCUT2D eigenvalue weighted by Gasteiger charge is -2.27.